The molecule has 0 fully saturated rings. The van der Waals surface area contributed by atoms with E-state index in [-0.39, 0.29) is 36.6 Å². The minimum Gasteiger partial charge on any atom is -0.463 e. The Morgan fingerprint density at radius 1 is 1.06 bits per heavy atom. The van der Waals surface area contributed by atoms with Gasteiger partial charge in [0.2, 0.25) is 5.91 Å². The molecule has 1 aromatic heterocycles. The fourth-order valence-corrected chi connectivity index (χ4v) is 3.59. The number of hydrogen-bond acceptors (Lipinski definition) is 4. The first kappa shape index (κ1) is 23.2. The Balaban J connectivity index is 1.77. The summed E-state index contributed by atoms with van der Waals surface area (Å²) in [5, 5.41) is 7.49. The molecule has 0 radical (unpaired) electrons. The highest BCUT2D eigenvalue weighted by molar-refractivity contribution is 5.80. The van der Waals surface area contributed by atoms with Crippen LogP contribution in [-0.2, 0) is 20.7 Å². The van der Waals surface area contributed by atoms with Crippen LogP contribution in [0.3, 0.4) is 0 Å². The maximum Gasteiger partial charge on any atom is 0.308 e. The van der Waals surface area contributed by atoms with E-state index in [1.54, 1.807) is 30.7 Å². The number of carbonyl (C=O) groups is 2. The maximum absolute atomic E-state index is 13.3. The summed E-state index contributed by atoms with van der Waals surface area (Å²) in [5.41, 5.74) is 3.87. The number of halogens is 1. The number of ether oxygens (including phenoxy) is 1. The van der Waals surface area contributed by atoms with Crippen LogP contribution in [0.2, 0.25) is 0 Å². The van der Waals surface area contributed by atoms with E-state index in [2.05, 4.69) is 10.4 Å². The minimum absolute atomic E-state index is 0.0424. The molecule has 0 aliphatic heterocycles. The number of carbonyl (C=O) groups excluding carboxylic acids is 2. The number of aromatic nitrogens is 2. The van der Waals surface area contributed by atoms with E-state index in [4.69, 9.17) is 4.74 Å². The van der Waals surface area contributed by atoms with Crippen LogP contribution in [0.5, 0.6) is 0 Å². The van der Waals surface area contributed by atoms with Crippen molar-refractivity contribution in [2.45, 2.75) is 52.7 Å². The number of benzene rings is 2. The lowest BCUT2D eigenvalue weighted by molar-refractivity contribution is -0.148. The molecule has 2 aromatic carbocycles. The molecule has 1 atom stereocenters. The van der Waals surface area contributed by atoms with Gasteiger partial charge < -0.3 is 10.1 Å². The first-order chi connectivity index (χ1) is 15.2. The monoisotopic (exact) mass is 437 g/mol. The average molecular weight is 438 g/mol. The molecular formula is C25H28FN3O3. The van der Waals surface area contributed by atoms with Crippen molar-refractivity contribution < 1.29 is 18.7 Å². The summed E-state index contributed by atoms with van der Waals surface area (Å²) in [4.78, 5) is 25.2. The highest BCUT2D eigenvalue weighted by Gasteiger charge is 2.22. The van der Waals surface area contributed by atoms with E-state index in [1.165, 1.54) is 12.1 Å². The summed E-state index contributed by atoms with van der Waals surface area (Å²) in [6.07, 6.45) is -0.0699. The highest BCUT2D eigenvalue weighted by Crippen LogP contribution is 2.21. The van der Waals surface area contributed by atoms with Gasteiger partial charge in [-0.2, -0.15) is 5.10 Å². The SMILES string of the molecule is Cc1nn(-c2ccc(F)cc2)c(C)c1CC(=O)NC(CC(=O)OC(C)C)c1ccccc1. The molecule has 1 amide bonds. The predicted octanol–water partition coefficient (Wildman–Crippen LogP) is 4.37. The molecule has 3 aromatic rings. The van der Waals surface area contributed by atoms with E-state index in [0.717, 1.165) is 28.2 Å². The zero-order valence-corrected chi connectivity index (χ0v) is 18.8. The standard InChI is InChI=1S/C25H28FN3O3/c1-16(2)32-25(31)15-23(19-8-6-5-7-9-19)27-24(30)14-22-17(3)28-29(18(22)4)21-12-10-20(26)11-13-21/h5-13,16,23H,14-15H2,1-4H3,(H,27,30). The van der Waals surface area contributed by atoms with Gasteiger partial charge in [0.1, 0.15) is 5.82 Å². The summed E-state index contributed by atoms with van der Waals surface area (Å²) in [6.45, 7) is 7.29. The number of hydrogen-bond donors (Lipinski definition) is 1. The molecule has 3 rings (SSSR count). The quantitative estimate of drug-likeness (QED) is 0.531. The molecule has 1 N–H and O–H groups in total. The molecule has 0 aliphatic rings. The van der Waals surface area contributed by atoms with Crippen molar-refractivity contribution in [3.63, 3.8) is 0 Å². The number of nitrogens with one attached hydrogen (secondary N) is 1. The molecule has 0 aliphatic carbocycles. The Morgan fingerprint density at radius 3 is 2.34 bits per heavy atom. The van der Waals surface area contributed by atoms with Gasteiger partial charge in [0.05, 0.1) is 36.4 Å². The number of rotatable bonds is 8. The van der Waals surface area contributed by atoms with Crippen molar-refractivity contribution >= 4 is 11.9 Å². The smallest absolute Gasteiger partial charge is 0.308 e. The molecule has 7 heteroatoms. The van der Waals surface area contributed by atoms with Crippen molar-refractivity contribution in [3.05, 3.63) is 82.9 Å². The second-order valence-electron chi connectivity index (χ2n) is 7.99. The van der Waals surface area contributed by atoms with Crippen LogP contribution in [0, 0.1) is 19.7 Å². The molecule has 168 valence electrons. The van der Waals surface area contributed by atoms with Crippen LogP contribution in [-0.4, -0.2) is 27.8 Å². The third-order valence-electron chi connectivity index (χ3n) is 5.12. The third-order valence-corrected chi connectivity index (χ3v) is 5.12. The minimum atomic E-state index is -0.497. The van der Waals surface area contributed by atoms with Gasteiger partial charge in [-0.25, -0.2) is 9.07 Å². The first-order valence-corrected chi connectivity index (χ1v) is 10.6. The second kappa shape index (κ2) is 10.2. The van der Waals surface area contributed by atoms with Crippen LogP contribution in [0.4, 0.5) is 4.39 Å². The summed E-state index contributed by atoms with van der Waals surface area (Å²) in [5.74, 6) is -0.912. The second-order valence-corrected chi connectivity index (χ2v) is 7.99. The van der Waals surface area contributed by atoms with Gasteiger partial charge in [0.15, 0.2) is 0 Å². The van der Waals surface area contributed by atoms with Crippen molar-refractivity contribution in [1.29, 1.82) is 0 Å². The van der Waals surface area contributed by atoms with Gasteiger partial charge in [0.25, 0.3) is 0 Å². The molecule has 0 saturated heterocycles. The van der Waals surface area contributed by atoms with Crippen LogP contribution >= 0.6 is 0 Å². The molecule has 0 saturated carbocycles. The maximum atomic E-state index is 13.3. The molecule has 6 nitrogen and oxygen atoms in total. The Morgan fingerprint density at radius 2 is 1.72 bits per heavy atom. The molecule has 1 heterocycles. The predicted molar refractivity (Wildman–Crippen MR) is 120 cm³/mol. The Hall–Kier alpha value is -3.48. The lowest BCUT2D eigenvalue weighted by atomic mass is 10.0. The van der Waals surface area contributed by atoms with E-state index in [1.807, 2.05) is 44.2 Å². The third kappa shape index (κ3) is 5.81. The molecular weight excluding hydrogens is 409 g/mol. The number of aryl methyl sites for hydroxylation is 1. The van der Waals surface area contributed by atoms with Crippen LogP contribution in [0.25, 0.3) is 5.69 Å². The summed E-state index contributed by atoms with van der Waals surface area (Å²) in [6, 6.07) is 14.9. The van der Waals surface area contributed by atoms with Gasteiger partial charge in [-0.15, -0.1) is 0 Å². The lowest BCUT2D eigenvalue weighted by Gasteiger charge is -2.19. The number of esters is 1. The summed E-state index contributed by atoms with van der Waals surface area (Å²) < 4.78 is 20.2. The fourth-order valence-electron chi connectivity index (χ4n) is 3.59. The molecule has 0 bridgehead atoms. The van der Waals surface area contributed by atoms with Crippen LogP contribution < -0.4 is 5.32 Å². The van der Waals surface area contributed by atoms with E-state index < -0.39 is 6.04 Å². The van der Waals surface area contributed by atoms with Crippen LogP contribution in [0.1, 0.15) is 48.8 Å². The Kier molecular flexibility index (Phi) is 7.41. The average Bonchev–Trinajstić information content (AvgIpc) is 3.02. The van der Waals surface area contributed by atoms with Crippen LogP contribution in [0.15, 0.2) is 54.6 Å². The molecule has 0 spiro atoms. The van der Waals surface area contributed by atoms with Gasteiger partial charge in [0, 0.05) is 11.3 Å². The fraction of sp³-hybridized carbons (Fsp3) is 0.320. The van der Waals surface area contributed by atoms with E-state index in [9.17, 15) is 14.0 Å². The normalized spacial score (nSPS) is 11.9. The van der Waals surface area contributed by atoms with Crippen molar-refractivity contribution in [2.75, 3.05) is 0 Å². The van der Waals surface area contributed by atoms with E-state index in [0.29, 0.717) is 0 Å². The molecule has 32 heavy (non-hydrogen) atoms. The molecule has 1 unspecified atom stereocenters. The topological polar surface area (TPSA) is 73.2 Å². The Labute approximate surface area is 187 Å². The van der Waals surface area contributed by atoms with Crippen molar-refractivity contribution in [2.24, 2.45) is 0 Å². The summed E-state index contributed by atoms with van der Waals surface area (Å²) in [7, 11) is 0. The largest absolute Gasteiger partial charge is 0.463 e. The zero-order valence-electron chi connectivity index (χ0n) is 18.8. The first-order valence-electron chi connectivity index (χ1n) is 10.6. The number of amides is 1. The highest BCUT2D eigenvalue weighted by atomic mass is 19.1. The lowest BCUT2D eigenvalue weighted by Crippen LogP contribution is -2.32. The Bertz CT molecular complexity index is 1080. The van der Waals surface area contributed by atoms with Gasteiger partial charge in [-0.05, 0) is 57.5 Å². The van der Waals surface area contributed by atoms with Gasteiger partial charge in [-0.3, -0.25) is 9.59 Å². The van der Waals surface area contributed by atoms with E-state index >= 15 is 0 Å². The zero-order chi connectivity index (χ0) is 23.3. The van der Waals surface area contributed by atoms with Gasteiger partial charge in [-0.1, -0.05) is 30.3 Å². The van der Waals surface area contributed by atoms with Crippen molar-refractivity contribution in [1.82, 2.24) is 15.1 Å². The van der Waals surface area contributed by atoms with Crippen molar-refractivity contribution in [3.8, 4) is 5.69 Å². The van der Waals surface area contributed by atoms with Gasteiger partial charge >= 0.3 is 5.97 Å². The summed E-state index contributed by atoms with van der Waals surface area (Å²) >= 11 is 0. The number of nitrogens with zero attached hydrogens (tertiary/aromatic N) is 2.